The van der Waals surface area contributed by atoms with Crippen LogP contribution in [0.3, 0.4) is 0 Å². The van der Waals surface area contributed by atoms with E-state index in [1.165, 1.54) is 11.3 Å². The van der Waals surface area contributed by atoms with Gasteiger partial charge in [0.1, 0.15) is 6.61 Å². The molecule has 7 heteroatoms. The molecule has 0 bridgehead atoms. The van der Waals surface area contributed by atoms with Crippen LogP contribution in [0.4, 0.5) is 0 Å². The van der Waals surface area contributed by atoms with Crippen molar-refractivity contribution in [1.29, 1.82) is 0 Å². The Labute approximate surface area is 153 Å². The predicted molar refractivity (Wildman–Crippen MR) is 97.7 cm³/mol. The van der Waals surface area contributed by atoms with Crippen molar-refractivity contribution in [1.82, 2.24) is 29.4 Å². The SMILES string of the molecule is CC(C)n1cc(CN2Cc3ccnn3C(COc3ccccn3)C2)cn1. The average molecular weight is 352 g/mol. The van der Waals surface area contributed by atoms with Crippen LogP contribution < -0.4 is 4.74 Å². The second-order valence-electron chi connectivity index (χ2n) is 6.99. The van der Waals surface area contributed by atoms with Gasteiger partial charge >= 0.3 is 0 Å². The monoisotopic (exact) mass is 352 g/mol. The first kappa shape index (κ1) is 16.8. The van der Waals surface area contributed by atoms with Gasteiger partial charge in [0.05, 0.1) is 17.9 Å². The van der Waals surface area contributed by atoms with Crippen molar-refractivity contribution in [3.63, 3.8) is 0 Å². The smallest absolute Gasteiger partial charge is 0.213 e. The third-order valence-corrected chi connectivity index (χ3v) is 4.60. The molecule has 26 heavy (non-hydrogen) atoms. The molecule has 0 aromatic carbocycles. The third kappa shape index (κ3) is 3.62. The van der Waals surface area contributed by atoms with Gasteiger partial charge in [0.25, 0.3) is 0 Å². The van der Waals surface area contributed by atoms with E-state index >= 15 is 0 Å². The van der Waals surface area contributed by atoms with Crippen LogP contribution in [-0.2, 0) is 13.1 Å². The maximum atomic E-state index is 5.89. The van der Waals surface area contributed by atoms with Crippen molar-refractivity contribution in [2.45, 2.75) is 39.0 Å². The van der Waals surface area contributed by atoms with Gasteiger partial charge in [-0.2, -0.15) is 10.2 Å². The summed E-state index contributed by atoms with van der Waals surface area (Å²) in [5, 5.41) is 8.94. The fourth-order valence-electron chi connectivity index (χ4n) is 3.32. The Morgan fingerprint density at radius 2 is 2.12 bits per heavy atom. The lowest BCUT2D eigenvalue weighted by atomic mass is 10.2. The number of hydrogen-bond acceptors (Lipinski definition) is 5. The Hall–Kier alpha value is -2.67. The van der Waals surface area contributed by atoms with Crippen molar-refractivity contribution >= 4 is 0 Å². The highest BCUT2D eigenvalue weighted by Crippen LogP contribution is 2.23. The van der Waals surface area contributed by atoms with Crippen molar-refractivity contribution in [2.75, 3.05) is 13.2 Å². The van der Waals surface area contributed by atoms with Crippen molar-refractivity contribution in [2.24, 2.45) is 0 Å². The van der Waals surface area contributed by atoms with Crippen LogP contribution in [0.2, 0.25) is 0 Å². The average Bonchev–Trinajstić information content (AvgIpc) is 3.30. The quantitative estimate of drug-likeness (QED) is 0.683. The van der Waals surface area contributed by atoms with Gasteiger partial charge in [0, 0.05) is 55.9 Å². The first-order valence-electron chi connectivity index (χ1n) is 9.00. The number of rotatable bonds is 6. The Bertz CT molecular complexity index is 841. The van der Waals surface area contributed by atoms with Gasteiger partial charge in [-0.15, -0.1) is 0 Å². The molecule has 7 nitrogen and oxygen atoms in total. The standard InChI is InChI=1S/C19H24N6O/c1-15(2)24-11-16(9-22-24)10-23-12-17-6-8-21-25(17)18(13-23)14-26-19-5-3-4-7-20-19/h3-9,11,15,18H,10,12-14H2,1-2H3. The second kappa shape index (κ2) is 7.29. The molecule has 1 atom stereocenters. The molecule has 0 aliphatic carbocycles. The Kier molecular flexibility index (Phi) is 4.71. The van der Waals surface area contributed by atoms with Crippen LogP contribution in [0, 0.1) is 0 Å². The summed E-state index contributed by atoms with van der Waals surface area (Å²) in [4.78, 5) is 6.66. The van der Waals surface area contributed by atoms with Crippen LogP contribution in [0.1, 0.15) is 37.2 Å². The molecule has 0 radical (unpaired) electrons. The lowest BCUT2D eigenvalue weighted by molar-refractivity contribution is 0.125. The Morgan fingerprint density at radius 3 is 2.88 bits per heavy atom. The lowest BCUT2D eigenvalue weighted by Gasteiger charge is -2.33. The van der Waals surface area contributed by atoms with Gasteiger partial charge < -0.3 is 4.74 Å². The summed E-state index contributed by atoms with van der Waals surface area (Å²) in [6.07, 6.45) is 7.71. The molecule has 0 spiro atoms. The highest BCUT2D eigenvalue weighted by Gasteiger charge is 2.26. The molecule has 0 saturated heterocycles. The number of hydrogen-bond donors (Lipinski definition) is 0. The maximum Gasteiger partial charge on any atom is 0.213 e. The van der Waals surface area contributed by atoms with E-state index in [0.717, 1.165) is 19.6 Å². The van der Waals surface area contributed by atoms with Gasteiger partial charge in [0.15, 0.2) is 0 Å². The molecule has 4 heterocycles. The molecule has 1 aliphatic heterocycles. The minimum atomic E-state index is 0.163. The largest absolute Gasteiger partial charge is 0.475 e. The van der Waals surface area contributed by atoms with E-state index in [0.29, 0.717) is 18.5 Å². The zero-order valence-corrected chi connectivity index (χ0v) is 15.2. The molecule has 0 N–H and O–H groups in total. The number of fused-ring (bicyclic) bond motifs is 1. The van der Waals surface area contributed by atoms with Crippen LogP contribution in [0.25, 0.3) is 0 Å². The number of ether oxygens (including phenoxy) is 1. The molecule has 1 aliphatic rings. The molecule has 4 rings (SSSR count). The predicted octanol–water partition coefficient (Wildman–Crippen LogP) is 2.69. The molecule has 136 valence electrons. The van der Waals surface area contributed by atoms with Crippen molar-refractivity contribution in [3.05, 3.63) is 60.3 Å². The summed E-state index contributed by atoms with van der Waals surface area (Å²) in [7, 11) is 0. The van der Waals surface area contributed by atoms with Crippen LogP contribution in [0.5, 0.6) is 5.88 Å². The van der Waals surface area contributed by atoms with E-state index in [-0.39, 0.29) is 6.04 Å². The molecule has 3 aromatic rings. The van der Waals surface area contributed by atoms with Gasteiger partial charge in [-0.1, -0.05) is 6.07 Å². The molecule has 0 amide bonds. The van der Waals surface area contributed by atoms with Gasteiger partial charge in [-0.05, 0) is 26.0 Å². The Morgan fingerprint density at radius 1 is 1.19 bits per heavy atom. The number of aromatic nitrogens is 5. The molecule has 1 unspecified atom stereocenters. The van der Waals surface area contributed by atoms with Crippen molar-refractivity contribution < 1.29 is 4.74 Å². The van der Waals surface area contributed by atoms with E-state index in [1.807, 2.05) is 35.3 Å². The molecule has 3 aromatic heterocycles. The summed E-state index contributed by atoms with van der Waals surface area (Å²) in [5.41, 5.74) is 2.44. The summed E-state index contributed by atoms with van der Waals surface area (Å²) in [6, 6.07) is 8.32. The minimum absolute atomic E-state index is 0.163. The van der Waals surface area contributed by atoms with E-state index in [2.05, 4.69) is 50.9 Å². The number of nitrogens with zero attached hydrogens (tertiary/aromatic N) is 6. The summed E-state index contributed by atoms with van der Waals surface area (Å²) < 4.78 is 9.98. The lowest BCUT2D eigenvalue weighted by Crippen LogP contribution is -2.39. The fourth-order valence-corrected chi connectivity index (χ4v) is 3.32. The second-order valence-corrected chi connectivity index (χ2v) is 6.99. The highest BCUT2D eigenvalue weighted by molar-refractivity contribution is 5.11. The highest BCUT2D eigenvalue weighted by atomic mass is 16.5. The first-order valence-corrected chi connectivity index (χ1v) is 9.00. The third-order valence-electron chi connectivity index (χ3n) is 4.60. The summed E-state index contributed by atoms with van der Waals surface area (Å²) in [5.74, 6) is 0.650. The van der Waals surface area contributed by atoms with Gasteiger partial charge in [-0.25, -0.2) is 4.98 Å². The van der Waals surface area contributed by atoms with Crippen LogP contribution >= 0.6 is 0 Å². The van der Waals surface area contributed by atoms with Gasteiger partial charge in [0.2, 0.25) is 5.88 Å². The summed E-state index contributed by atoms with van der Waals surface area (Å²) in [6.45, 7) is 7.47. The van der Waals surface area contributed by atoms with Crippen LogP contribution in [-0.4, -0.2) is 42.6 Å². The minimum Gasteiger partial charge on any atom is -0.475 e. The Balaban J connectivity index is 1.45. The zero-order chi connectivity index (χ0) is 17.9. The zero-order valence-electron chi connectivity index (χ0n) is 15.2. The first-order chi connectivity index (χ1) is 12.7. The molecule has 0 saturated carbocycles. The summed E-state index contributed by atoms with van der Waals surface area (Å²) >= 11 is 0. The van der Waals surface area contributed by atoms with Crippen LogP contribution in [0.15, 0.2) is 49.1 Å². The molecular weight excluding hydrogens is 328 g/mol. The fraction of sp³-hybridized carbons (Fsp3) is 0.421. The van der Waals surface area contributed by atoms with Crippen molar-refractivity contribution in [3.8, 4) is 5.88 Å². The number of pyridine rings is 1. The van der Waals surface area contributed by atoms with E-state index in [4.69, 9.17) is 4.74 Å². The van der Waals surface area contributed by atoms with E-state index in [1.54, 1.807) is 6.20 Å². The normalized spacial score (nSPS) is 17.4. The van der Waals surface area contributed by atoms with E-state index < -0.39 is 0 Å². The molecular formula is C19H24N6O. The topological polar surface area (TPSA) is 61.0 Å². The van der Waals surface area contributed by atoms with E-state index in [9.17, 15) is 0 Å². The molecule has 0 fully saturated rings. The maximum absolute atomic E-state index is 5.89. The van der Waals surface area contributed by atoms with Gasteiger partial charge in [-0.3, -0.25) is 14.3 Å².